The minimum absolute atomic E-state index is 0.00505. The van der Waals surface area contributed by atoms with Crippen molar-refractivity contribution in [2.45, 2.75) is 19.4 Å². The molecule has 0 bridgehead atoms. The number of nitrogens with two attached hydrogens (primary N) is 1. The Morgan fingerprint density at radius 3 is 3.08 bits per heavy atom. The van der Waals surface area contributed by atoms with Crippen molar-refractivity contribution >= 4 is 0 Å². The van der Waals surface area contributed by atoms with Crippen molar-refractivity contribution in [1.82, 2.24) is 0 Å². The van der Waals surface area contributed by atoms with Crippen LogP contribution in [0.3, 0.4) is 0 Å². The van der Waals surface area contributed by atoms with E-state index in [1.54, 1.807) is 6.07 Å². The van der Waals surface area contributed by atoms with Gasteiger partial charge in [-0.15, -0.1) is 0 Å². The van der Waals surface area contributed by atoms with Gasteiger partial charge in [0, 0.05) is 18.0 Å². The van der Waals surface area contributed by atoms with E-state index in [1.807, 2.05) is 13.0 Å². The quantitative estimate of drug-likeness (QED) is 0.634. The molecule has 0 aromatic heterocycles. The van der Waals surface area contributed by atoms with Crippen molar-refractivity contribution in [3.05, 3.63) is 23.3 Å². The van der Waals surface area contributed by atoms with Crippen LogP contribution in [0.4, 0.5) is 0 Å². The van der Waals surface area contributed by atoms with Crippen molar-refractivity contribution in [2.24, 2.45) is 5.73 Å². The van der Waals surface area contributed by atoms with Gasteiger partial charge in [-0.25, -0.2) is 0 Å². The predicted molar refractivity (Wildman–Crippen MR) is 49.9 cm³/mol. The number of phenolic OH excluding ortho intramolecular Hbond substituents is 1. The standard InChI is InChI=1S/C10H13NO2/c1-6-4-7-8(11)2-3-13-10(7)9(12)5-6/h4-5,8,12H,2-3,11H2,1H3/t8-/m1/s1. The highest BCUT2D eigenvalue weighted by Crippen LogP contribution is 2.38. The molecule has 0 saturated carbocycles. The summed E-state index contributed by atoms with van der Waals surface area (Å²) in [6.07, 6.45) is 0.815. The molecule has 1 aromatic carbocycles. The molecule has 70 valence electrons. The van der Waals surface area contributed by atoms with Crippen LogP contribution >= 0.6 is 0 Å². The van der Waals surface area contributed by atoms with Crippen LogP contribution in [0.1, 0.15) is 23.6 Å². The Balaban J connectivity index is 2.56. The number of phenols is 1. The Bertz CT molecular complexity index is 336. The van der Waals surface area contributed by atoms with E-state index in [1.165, 1.54) is 0 Å². The SMILES string of the molecule is Cc1cc(O)c2c(c1)[C@H](N)CCO2. The molecule has 1 aliphatic heterocycles. The number of fused-ring (bicyclic) bond motifs is 1. The lowest BCUT2D eigenvalue weighted by Crippen LogP contribution is -2.20. The molecular weight excluding hydrogens is 166 g/mol. The number of hydrogen-bond donors (Lipinski definition) is 2. The van der Waals surface area contributed by atoms with Crippen LogP contribution in [0.25, 0.3) is 0 Å². The normalized spacial score (nSPS) is 20.6. The number of aryl methyl sites for hydroxylation is 1. The smallest absolute Gasteiger partial charge is 0.165 e. The molecule has 0 spiro atoms. The van der Waals surface area contributed by atoms with Gasteiger partial charge in [0.1, 0.15) is 0 Å². The first-order valence-corrected chi connectivity index (χ1v) is 4.40. The molecule has 2 rings (SSSR count). The van der Waals surface area contributed by atoms with Gasteiger partial charge in [0.2, 0.25) is 0 Å². The lowest BCUT2D eigenvalue weighted by molar-refractivity contribution is 0.255. The van der Waals surface area contributed by atoms with E-state index in [2.05, 4.69) is 0 Å². The first-order valence-electron chi connectivity index (χ1n) is 4.40. The number of ether oxygens (including phenoxy) is 1. The first-order chi connectivity index (χ1) is 6.18. The molecular formula is C10H13NO2. The van der Waals surface area contributed by atoms with Crippen molar-refractivity contribution in [1.29, 1.82) is 0 Å². The molecule has 3 N–H and O–H groups in total. The Kier molecular flexibility index (Phi) is 1.88. The van der Waals surface area contributed by atoms with Gasteiger partial charge < -0.3 is 15.6 Å². The molecule has 1 aliphatic rings. The summed E-state index contributed by atoms with van der Waals surface area (Å²) in [5.74, 6) is 0.759. The number of hydrogen-bond acceptors (Lipinski definition) is 3. The van der Waals surface area contributed by atoms with E-state index in [0.717, 1.165) is 17.5 Å². The number of aromatic hydroxyl groups is 1. The van der Waals surface area contributed by atoms with Gasteiger partial charge in [-0.05, 0) is 18.6 Å². The summed E-state index contributed by atoms with van der Waals surface area (Å²) in [4.78, 5) is 0. The van der Waals surface area contributed by atoms with Gasteiger partial charge in [0.25, 0.3) is 0 Å². The third kappa shape index (κ3) is 1.35. The van der Waals surface area contributed by atoms with Gasteiger partial charge >= 0.3 is 0 Å². The average molecular weight is 179 g/mol. The largest absolute Gasteiger partial charge is 0.504 e. The molecule has 0 unspecified atom stereocenters. The Morgan fingerprint density at radius 1 is 1.54 bits per heavy atom. The molecule has 0 amide bonds. The van der Waals surface area contributed by atoms with Crippen LogP contribution in [0.2, 0.25) is 0 Å². The van der Waals surface area contributed by atoms with E-state index in [9.17, 15) is 5.11 Å². The highest BCUT2D eigenvalue weighted by Gasteiger charge is 2.21. The molecule has 3 nitrogen and oxygen atoms in total. The minimum Gasteiger partial charge on any atom is -0.504 e. The van der Waals surface area contributed by atoms with Crippen LogP contribution < -0.4 is 10.5 Å². The predicted octanol–water partition coefficient (Wildman–Crippen LogP) is 1.48. The summed E-state index contributed by atoms with van der Waals surface area (Å²) in [6, 6.07) is 3.66. The van der Waals surface area contributed by atoms with Crippen LogP contribution in [0.15, 0.2) is 12.1 Å². The minimum atomic E-state index is -0.00505. The third-order valence-corrected chi connectivity index (χ3v) is 2.32. The third-order valence-electron chi connectivity index (χ3n) is 2.32. The van der Waals surface area contributed by atoms with Crippen LogP contribution in [0, 0.1) is 6.92 Å². The van der Waals surface area contributed by atoms with E-state index in [-0.39, 0.29) is 11.8 Å². The maximum Gasteiger partial charge on any atom is 0.165 e. The van der Waals surface area contributed by atoms with E-state index in [4.69, 9.17) is 10.5 Å². The highest BCUT2D eigenvalue weighted by molar-refractivity contribution is 5.50. The maximum atomic E-state index is 9.57. The molecule has 1 heterocycles. The van der Waals surface area contributed by atoms with E-state index >= 15 is 0 Å². The van der Waals surface area contributed by atoms with Gasteiger partial charge in [0.05, 0.1) is 6.61 Å². The van der Waals surface area contributed by atoms with Crippen molar-refractivity contribution in [2.75, 3.05) is 6.61 Å². The molecule has 0 radical (unpaired) electrons. The second-order valence-corrected chi connectivity index (χ2v) is 3.45. The number of benzene rings is 1. The first kappa shape index (κ1) is 8.38. The van der Waals surface area contributed by atoms with Crippen LogP contribution in [-0.2, 0) is 0 Å². The van der Waals surface area contributed by atoms with E-state index in [0.29, 0.717) is 12.4 Å². The summed E-state index contributed by atoms with van der Waals surface area (Å²) < 4.78 is 5.35. The fraction of sp³-hybridized carbons (Fsp3) is 0.400. The monoisotopic (exact) mass is 179 g/mol. The fourth-order valence-electron chi connectivity index (χ4n) is 1.66. The second kappa shape index (κ2) is 2.92. The van der Waals surface area contributed by atoms with Gasteiger partial charge in [-0.2, -0.15) is 0 Å². The molecule has 13 heavy (non-hydrogen) atoms. The number of rotatable bonds is 0. The Labute approximate surface area is 77.1 Å². The molecule has 0 fully saturated rings. The molecule has 0 saturated heterocycles. The highest BCUT2D eigenvalue weighted by atomic mass is 16.5. The van der Waals surface area contributed by atoms with Gasteiger partial charge in [0.15, 0.2) is 11.5 Å². The Hall–Kier alpha value is -1.22. The molecule has 3 heteroatoms. The summed E-state index contributed by atoms with van der Waals surface area (Å²) in [5.41, 5.74) is 7.82. The molecule has 0 aliphatic carbocycles. The zero-order chi connectivity index (χ0) is 9.42. The summed E-state index contributed by atoms with van der Waals surface area (Å²) in [5, 5.41) is 9.57. The second-order valence-electron chi connectivity index (χ2n) is 3.45. The maximum absolute atomic E-state index is 9.57. The lowest BCUT2D eigenvalue weighted by atomic mass is 9.99. The van der Waals surface area contributed by atoms with Gasteiger partial charge in [-0.1, -0.05) is 6.07 Å². The average Bonchev–Trinajstić information content (AvgIpc) is 2.07. The van der Waals surface area contributed by atoms with Crippen molar-refractivity contribution in [3.8, 4) is 11.5 Å². The fourth-order valence-corrected chi connectivity index (χ4v) is 1.66. The summed E-state index contributed by atoms with van der Waals surface area (Å²) in [6.45, 7) is 2.52. The van der Waals surface area contributed by atoms with Crippen LogP contribution in [0.5, 0.6) is 11.5 Å². The van der Waals surface area contributed by atoms with Gasteiger partial charge in [-0.3, -0.25) is 0 Å². The molecule has 1 aromatic rings. The zero-order valence-corrected chi connectivity index (χ0v) is 7.58. The summed E-state index contributed by atoms with van der Waals surface area (Å²) >= 11 is 0. The van der Waals surface area contributed by atoms with Crippen molar-refractivity contribution in [3.63, 3.8) is 0 Å². The van der Waals surface area contributed by atoms with Crippen molar-refractivity contribution < 1.29 is 9.84 Å². The topological polar surface area (TPSA) is 55.5 Å². The van der Waals surface area contributed by atoms with E-state index < -0.39 is 0 Å². The summed E-state index contributed by atoms with van der Waals surface area (Å²) in [7, 11) is 0. The lowest BCUT2D eigenvalue weighted by Gasteiger charge is -2.23. The Morgan fingerprint density at radius 2 is 2.31 bits per heavy atom. The molecule has 1 atom stereocenters. The zero-order valence-electron chi connectivity index (χ0n) is 7.58. The van der Waals surface area contributed by atoms with Crippen LogP contribution in [-0.4, -0.2) is 11.7 Å².